The van der Waals surface area contributed by atoms with Gasteiger partial charge in [-0.2, -0.15) is 11.8 Å². The van der Waals surface area contributed by atoms with E-state index < -0.39 is 0 Å². The number of hydrogen-bond donors (Lipinski definition) is 1. The lowest BCUT2D eigenvalue weighted by Crippen LogP contribution is -2.29. The fraction of sp³-hybridized carbons (Fsp3) is 0.438. The van der Waals surface area contributed by atoms with Crippen molar-refractivity contribution in [1.29, 1.82) is 0 Å². The number of pyridine rings is 1. The van der Waals surface area contributed by atoms with E-state index in [9.17, 15) is 0 Å². The van der Waals surface area contributed by atoms with Gasteiger partial charge in [0.05, 0.1) is 5.52 Å². The first-order chi connectivity index (χ1) is 9.40. The van der Waals surface area contributed by atoms with Gasteiger partial charge in [0, 0.05) is 22.9 Å². The molecule has 2 heterocycles. The van der Waals surface area contributed by atoms with Crippen molar-refractivity contribution < 1.29 is 0 Å². The van der Waals surface area contributed by atoms with Crippen molar-refractivity contribution in [3.8, 4) is 0 Å². The van der Waals surface area contributed by atoms with Gasteiger partial charge >= 0.3 is 0 Å². The van der Waals surface area contributed by atoms with Gasteiger partial charge in [-0.3, -0.25) is 4.98 Å². The molecule has 2 nitrogen and oxygen atoms in total. The highest BCUT2D eigenvalue weighted by molar-refractivity contribution is 8.00. The van der Waals surface area contributed by atoms with Crippen LogP contribution in [0.1, 0.15) is 30.9 Å². The van der Waals surface area contributed by atoms with Crippen LogP contribution in [0.5, 0.6) is 0 Å². The lowest BCUT2D eigenvalue weighted by atomic mass is 9.97. The molecule has 0 amide bonds. The maximum Gasteiger partial charge on any atom is 0.0750 e. The molecule has 1 aliphatic rings. The molecular weight excluding hydrogens is 252 g/mol. The number of para-hydroxylation sites is 1. The zero-order valence-corrected chi connectivity index (χ0v) is 12.1. The molecule has 2 aromatic rings. The van der Waals surface area contributed by atoms with Gasteiger partial charge in [-0.05, 0) is 37.3 Å². The molecule has 1 N–H and O–H groups in total. The van der Waals surface area contributed by atoms with E-state index in [-0.39, 0.29) is 0 Å². The summed E-state index contributed by atoms with van der Waals surface area (Å²) in [5.74, 6) is 1.29. The van der Waals surface area contributed by atoms with Crippen molar-refractivity contribution in [2.45, 2.75) is 30.6 Å². The number of fused-ring (bicyclic) bond motifs is 1. The summed E-state index contributed by atoms with van der Waals surface area (Å²) in [7, 11) is 2.07. The molecule has 0 saturated carbocycles. The highest BCUT2D eigenvalue weighted by Crippen LogP contribution is 2.36. The molecule has 1 aliphatic heterocycles. The maximum absolute atomic E-state index is 4.60. The van der Waals surface area contributed by atoms with E-state index >= 15 is 0 Å². The summed E-state index contributed by atoms with van der Waals surface area (Å²) in [5.41, 5.74) is 2.50. The molecule has 2 unspecified atom stereocenters. The topological polar surface area (TPSA) is 24.9 Å². The van der Waals surface area contributed by atoms with Crippen LogP contribution in [0.4, 0.5) is 0 Å². The molecule has 1 aromatic heterocycles. The van der Waals surface area contributed by atoms with Gasteiger partial charge in [0.25, 0.3) is 0 Å². The smallest absolute Gasteiger partial charge is 0.0750 e. The second-order valence-electron chi connectivity index (χ2n) is 5.09. The molecule has 1 saturated heterocycles. The van der Waals surface area contributed by atoms with E-state index in [0.717, 1.165) is 5.52 Å². The first-order valence-electron chi connectivity index (χ1n) is 7.02. The zero-order chi connectivity index (χ0) is 13.1. The minimum absolute atomic E-state index is 0.406. The van der Waals surface area contributed by atoms with Crippen LogP contribution in [-0.2, 0) is 0 Å². The van der Waals surface area contributed by atoms with Crippen molar-refractivity contribution >= 4 is 22.7 Å². The summed E-state index contributed by atoms with van der Waals surface area (Å²) in [6, 6.07) is 11.1. The molecule has 19 heavy (non-hydrogen) atoms. The van der Waals surface area contributed by atoms with E-state index in [2.05, 4.69) is 53.4 Å². The quantitative estimate of drug-likeness (QED) is 0.920. The van der Waals surface area contributed by atoms with Gasteiger partial charge < -0.3 is 5.32 Å². The zero-order valence-electron chi connectivity index (χ0n) is 11.3. The molecule has 0 radical (unpaired) electrons. The Morgan fingerprint density at radius 3 is 2.95 bits per heavy atom. The SMILES string of the molecule is CNC(c1cccc2cccnc12)C1CCCCS1. The van der Waals surface area contributed by atoms with E-state index in [1.165, 1.54) is 36.0 Å². The van der Waals surface area contributed by atoms with Gasteiger partial charge in [0.15, 0.2) is 0 Å². The summed E-state index contributed by atoms with van der Waals surface area (Å²) >= 11 is 2.11. The standard InChI is InChI=1S/C16H20N2S/c1-17-16(14-9-2-3-11-19-14)13-8-4-6-12-7-5-10-18-15(12)13/h4-8,10,14,16-17H,2-3,9,11H2,1H3. The molecule has 100 valence electrons. The number of hydrogen-bond acceptors (Lipinski definition) is 3. The van der Waals surface area contributed by atoms with Crippen LogP contribution in [0.2, 0.25) is 0 Å². The van der Waals surface area contributed by atoms with E-state index in [1.54, 1.807) is 0 Å². The number of aromatic nitrogens is 1. The van der Waals surface area contributed by atoms with Crippen molar-refractivity contribution in [1.82, 2.24) is 10.3 Å². The Morgan fingerprint density at radius 2 is 2.16 bits per heavy atom. The first-order valence-corrected chi connectivity index (χ1v) is 8.07. The summed E-state index contributed by atoms with van der Waals surface area (Å²) in [6.07, 6.45) is 5.92. The summed E-state index contributed by atoms with van der Waals surface area (Å²) in [4.78, 5) is 4.60. The highest BCUT2D eigenvalue weighted by Gasteiger charge is 2.25. The Labute approximate surface area is 119 Å². The predicted octanol–water partition coefficient (Wildman–Crippen LogP) is 3.78. The van der Waals surface area contributed by atoms with Crippen LogP contribution < -0.4 is 5.32 Å². The second-order valence-corrected chi connectivity index (χ2v) is 6.44. The Bertz CT molecular complexity index is 544. The largest absolute Gasteiger partial charge is 0.312 e. The Morgan fingerprint density at radius 1 is 1.26 bits per heavy atom. The number of rotatable bonds is 3. The molecule has 1 aromatic carbocycles. The Balaban J connectivity index is 2.00. The number of nitrogens with one attached hydrogen (secondary N) is 1. The first kappa shape index (κ1) is 12.9. The van der Waals surface area contributed by atoms with Crippen molar-refractivity contribution in [3.05, 3.63) is 42.1 Å². The minimum atomic E-state index is 0.406. The Kier molecular flexibility index (Phi) is 4.04. The fourth-order valence-corrected chi connectivity index (χ4v) is 4.43. The number of benzene rings is 1. The molecule has 0 aliphatic carbocycles. The van der Waals surface area contributed by atoms with Crippen LogP contribution in [0, 0.1) is 0 Å². The molecule has 0 bridgehead atoms. The average Bonchev–Trinajstić information content (AvgIpc) is 2.49. The summed E-state index contributed by atoms with van der Waals surface area (Å²) in [5, 5.41) is 5.43. The maximum atomic E-state index is 4.60. The van der Waals surface area contributed by atoms with Crippen LogP contribution in [0.3, 0.4) is 0 Å². The molecule has 2 atom stereocenters. The van der Waals surface area contributed by atoms with Crippen molar-refractivity contribution in [2.75, 3.05) is 12.8 Å². The Hall–Kier alpha value is -1.06. The van der Waals surface area contributed by atoms with Gasteiger partial charge in [-0.25, -0.2) is 0 Å². The lowest BCUT2D eigenvalue weighted by molar-refractivity contribution is 0.518. The van der Waals surface area contributed by atoms with E-state index in [1.807, 2.05) is 12.3 Å². The monoisotopic (exact) mass is 272 g/mol. The fourth-order valence-electron chi connectivity index (χ4n) is 2.95. The van der Waals surface area contributed by atoms with Crippen molar-refractivity contribution in [2.24, 2.45) is 0 Å². The molecule has 3 heteroatoms. The van der Waals surface area contributed by atoms with Crippen LogP contribution in [0.15, 0.2) is 36.5 Å². The lowest BCUT2D eigenvalue weighted by Gasteiger charge is -2.30. The van der Waals surface area contributed by atoms with Gasteiger partial charge in [-0.15, -0.1) is 0 Å². The second kappa shape index (κ2) is 5.93. The molecule has 0 spiro atoms. The van der Waals surface area contributed by atoms with E-state index in [0.29, 0.717) is 11.3 Å². The van der Waals surface area contributed by atoms with Crippen LogP contribution in [0.25, 0.3) is 10.9 Å². The normalized spacial score (nSPS) is 21.4. The van der Waals surface area contributed by atoms with Gasteiger partial charge in [0.1, 0.15) is 0 Å². The average molecular weight is 272 g/mol. The minimum Gasteiger partial charge on any atom is -0.312 e. The number of nitrogens with zero attached hydrogens (tertiary/aromatic N) is 1. The van der Waals surface area contributed by atoms with Crippen molar-refractivity contribution in [3.63, 3.8) is 0 Å². The molecule has 3 rings (SSSR count). The third-order valence-corrected chi connectivity index (χ3v) is 5.36. The predicted molar refractivity (Wildman–Crippen MR) is 83.6 cm³/mol. The van der Waals surface area contributed by atoms with Crippen LogP contribution >= 0.6 is 11.8 Å². The van der Waals surface area contributed by atoms with Crippen LogP contribution in [-0.4, -0.2) is 23.0 Å². The number of thioether (sulfide) groups is 1. The molecule has 1 fully saturated rings. The van der Waals surface area contributed by atoms with Gasteiger partial charge in [-0.1, -0.05) is 30.7 Å². The van der Waals surface area contributed by atoms with Gasteiger partial charge in [0.2, 0.25) is 0 Å². The third-order valence-electron chi connectivity index (χ3n) is 3.90. The summed E-state index contributed by atoms with van der Waals surface area (Å²) < 4.78 is 0. The summed E-state index contributed by atoms with van der Waals surface area (Å²) in [6.45, 7) is 0. The highest BCUT2D eigenvalue weighted by atomic mass is 32.2. The van der Waals surface area contributed by atoms with E-state index in [4.69, 9.17) is 0 Å². The molecular formula is C16H20N2S. The third kappa shape index (κ3) is 2.63.